The fourth-order valence-electron chi connectivity index (χ4n) is 2.68. The van der Waals surface area contributed by atoms with Crippen molar-refractivity contribution >= 4 is 17.6 Å². The number of carbonyl (C=O) groups is 2. The van der Waals surface area contributed by atoms with Crippen LogP contribution in [0.3, 0.4) is 0 Å². The van der Waals surface area contributed by atoms with E-state index in [4.69, 9.17) is 5.11 Å². The molecular weight excluding hydrogens is 268 g/mol. The highest BCUT2D eigenvalue weighted by Crippen LogP contribution is 2.20. The molecule has 0 aromatic heterocycles. The first-order valence-electron chi connectivity index (χ1n) is 7.32. The number of carboxylic acids is 1. The predicted molar refractivity (Wildman–Crippen MR) is 81.2 cm³/mol. The Morgan fingerprint density at radius 3 is 2.76 bits per heavy atom. The van der Waals surface area contributed by atoms with Crippen molar-refractivity contribution in [2.75, 3.05) is 18.4 Å². The minimum absolute atomic E-state index is 0.0876. The Kier molecular flexibility index (Phi) is 4.96. The van der Waals surface area contributed by atoms with E-state index in [0.29, 0.717) is 13.0 Å². The van der Waals surface area contributed by atoms with Gasteiger partial charge in [0.05, 0.1) is 12.0 Å². The molecule has 1 aliphatic heterocycles. The molecule has 1 aromatic carbocycles. The van der Waals surface area contributed by atoms with E-state index in [1.165, 1.54) is 0 Å². The lowest BCUT2D eigenvalue weighted by molar-refractivity contribution is -0.144. The largest absolute Gasteiger partial charge is 0.481 e. The van der Waals surface area contributed by atoms with Crippen molar-refractivity contribution in [2.24, 2.45) is 5.92 Å². The number of likely N-dealkylation sites (tertiary alicyclic amines) is 1. The van der Waals surface area contributed by atoms with E-state index in [1.807, 2.05) is 43.0 Å². The number of rotatable bonds is 4. The molecule has 2 N–H and O–H groups in total. The van der Waals surface area contributed by atoms with Crippen LogP contribution in [0, 0.1) is 12.8 Å². The van der Waals surface area contributed by atoms with Gasteiger partial charge in [-0.15, -0.1) is 0 Å². The lowest BCUT2D eigenvalue weighted by atomic mass is 9.97. The second-order valence-electron chi connectivity index (χ2n) is 5.65. The smallest absolute Gasteiger partial charge is 0.307 e. The maximum Gasteiger partial charge on any atom is 0.307 e. The molecule has 2 atom stereocenters. The maximum atomic E-state index is 12.3. The van der Waals surface area contributed by atoms with Gasteiger partial charge in [-0.3, -0.25) is 14.5 Å². The zero-order valence-electron chi connectivity index (χ0n) is 12.5. The number of amides is 1. The molecule has 1 aliphatic rings. The van der Waals surface area contributed by atoms with Gasteiger partial charge in [-0.25, -0.2) is 0 Å². The molecule has 5 heteroatoms. The van der Waals surface area contributed by atoms with Crippen molar-refractivity contribution in [2.45, 2.75) is 32.7 Å². The second kappa shape index (κ2) is 6.72. The summed E-state index contributed by atoms with van der Waals surface area (Å²) in [5.74, 6) is -1.23. The van der Waals surface area contributed by atoms with Gasteiger partial charge in [-0.1, -0.05) is 18.2 Å². The number of nitrogens with one attached hydrogen (secondary N) is 1. The highest BCUT2D eigenvalue weighted by molar-refractivity contribution is 5.95. The van der Waals surface area contributed by atoms with E-state index in [9.17, 15) is 9.59 Å². The summed E-state index contributed by atoms with van der Waals surface area (Å²) in [5, 5.41) is 12.0. The van der Waals surface area contributed by atoms with Crippen LogP contribution in [0.4, 0.5) is 5.69 Å². The molecular formula is C16H22N2O3. The molecule has 1 heterocycles. The van der Waals surface area contributed by atoms with Gasteiger partial charge in [0.25, 0.3) is 0 Å². The molecule has 1 saturated heterocycles. The van der Waals surface area contributed by atoms with Crippen LogP contribution >= 0.6 is 0 Å². The quantitative estimate of drug-likeness (QED) is 0.891. The number of para-hydroxylation sites is 1. The Bertz CT molecular complexity index is 530. The van der Waals surface area contributed by atoms with Gasteiger partial charge in [0.1, 0.15) is 0 Å². The number of hydrogen-bond donors (Lipinski definition) is 2. The Labute approximate surface area is 125 Å². The van der Waals surface area contributed by atoms with Gasteiger partial charge >= 0.3 is 5.97 Å². The Morgan fingerprint density at radius 2 is 2.10 bits per heavy atom. The molecule has 0 saturated carbocycles. The molecule has 2 unspecified atom stereocenters. The van der Waals surface area contributed by atoms with Crippen molar-refractivity contribution < 1.29 is 14.7 Å². The van der Waals surface area contributed by atoms with Gasteiger partial charge in [-0.2, -0.15) is 0 Å². The zero-order valence-corrected chi connectivity index (χ0v) is 12.5. The van der Waals surface area contributed by atoms with Crippen LogP contribution in [0.2, 0.25) is 0 Å². The SMILES string of the molecule is Cc1ccccc1NC(=O)C(C)N1CCCC(C(=O)O)C1. The van der Waals surface area contributed by atoms with E-state index >= 15 is 0 Å². The summed E-state index contributed by atoms with van der Waals surface area (Å²) in [6.07, 6.45) is 1.51. The number of nitrogens with zero attached hydrogens (tertiary/aromatic N) is 1. The summed E-state index contributed by atoms with van der Waals surface area (Å²) < 4.78 is 0. The van der Waals surface area contributed by atoms with Gasteiger partial charge in [-0.05, 0) is 44.9 Å². The summed E-state index contributed by atoms with van der Waals surface area (Å²) in [5.41, 5.74) is 1.82. The number of aryl methyl sites for hydroxylation is 1. The van der Waals surface area contributed by atoms with Crippen molar-refractivity contribution in [3.05, 3.63) is 29.8 Å². The minimum Gasteiger partial charge on any atom is -0.481 e. The van der Waals surface area contributed by atoms with E-state index in [0.717, 1.165) is 24.2 Å². The number of piperidine rings is 1. The monoisotopic (exact) mass is 290 g/mol. The number of aliphatic carboxylic acids is 1. The Balaban J connectivity index is 1.99. The van der Waals surface area contributed by atoms with Crippen LogP contribution < -0.4 is 5.32 Å². The van der Waals surface area contributed by atoms with E-state index in [2.05, 4.69) is 5.32 Å². The maximum absolute atomic E-state index is 12.3. The van der Waals surface area contributed by atoms with Crippen molar-refractivity contribution in [3.63, 3.8) is 0 Å². The lowest BCUT2D eigenvalue weighted by Gasteiger charge is -2.34. The Hall–Kier alpha value is -1.88. The highest BCUT2D eigenvalue weighted by Gasteiger charge is 2.30. The molecule has 114 valence electrons. The van der Waals surface area contributed by atoms with E-state index in [1.54, 1.807) is 0 Å². The molecule has 0 aliphatic carbocycles. The first kappa shape index (κ1) is 15.5. The van der Waals surface area contributed by atoms with Crippen molar-refractivity contribution in [3.8, 4) is 0 Å². The third-order valence-corrected chi connectivity index (χ3v) is 4.13. The number of carboxylic acid groups (broad SMARTS) is 1. The van der Waals surface area contributed by atoms with Crippen molar-refractivity contribution in [1.82, 2.24) is 4.90 Å². The van der Waals surface area contributed by atoms with Crippen LogP contribution in [0.25, 0.3) is 0 Å². The molecule has 0 bridgehead atoms. The first-order chi connectivity index (χ1) is 9.99. The molecule has 21 heavy (non-hydrogen) atoms. The lowest BCUT2D eigenvalue weighted by Crippen LogP contribution is -2.48. The van der Waals surface area contributed by atoms with Crippen molar-refractivity contribution in [1.29, 1.82) is 0 Å². The topological polar surface area (TPSA) is 69.6 Å². The fraction of sp³-hybridized carbons (Fsp3) is 0.500. The number of hydrogen-bond acceptors (Lipinski definition) is 3. The summed E-state index contributed by atoms with van der Waals surface area (Å²) in [4.78, 5) is 25.4. The van der Waals surface area contributed by atoms with Crippen LogP contribution in [-0.4, -0.2) is 41.0 Å². The summed E-state index contributed by atoms with van der Waals surface area (Å²) in [6, 6.07) is 7.30. The van der Waals surface area contributed by atoms with E-state index < -0.39 is 5.97 Å². The molecule has 0 spiro atoms. The van der Waals surface area contributed by atoms with Gasteiger partial charge in [0.2, 0.25) is 5.91 Å². The third kappa shape index (κ3) is 3.82. The van der Waals surface area contributed by atoms with Crippen LogP contribution in [-0.2, 0) is 9.59 Å². The average molecular weight is 290 g/mol. The van der Waals surface area contributed by atoms with Gasteiger partial charge in [0.15, 0.2) is 0 Å². The summed E-state index contributed by atoms with van der Waals surface area (Å²) >= 11 is 0. The van der Waals surface area contributed by atoms with E-state index in [-0.39, 0.29) is 17.9 Å². The molecule has 0 radical (unpaired) electrons. The minimum atomic E-state index is -0.772. The first-order valence-corrected chi connectivity index (χ1v) is 7.32. The third-order valence-electron chi connectivity index (χ3n) is 4.13. The zero-order chi connectivity index (χ0) is 15.4. The number of benzene rings is 1. The normalized spacial score (nSPS) is 20.8. The summed E-state index contributed by atoms with van der Waals surface area (Å²) in [7, 11) is 0. The standard InChI is InChI=1S/C16H22N2O3/c1-11-6-3-4-8-14(11)17-15(19)12(2)18-9-5-7-13(10-18)16(20)21/h3-4,6,8,12-13H,5,7,9-10H2,1-2H3,(H,17,19)(H,20,21). The highest BCUT2D eigenvalue weighted by atomic mass is 16.4. The summed E-state index contributed by atoms with van der Waals surface area (Å²) in [6.45, 7) is 4.99. The number of carbonyl (C=O) groups excluding carboxylic acids is 1. The molecule has 2 rings (SSSR count). The second-order valence-corrected chi connectivity index (χ2v) is 5.65. The van der Waals surface area contributed by atoms with Crippen LogP contribution in [0.1, 0.15) is 25.3 Å². The number of anilines is 1. The fourth-order valence-corrected chi connectivity index (χ4v) is 2.68. The van der Waals surface area contributed by atoms with Gasteiger partial charge < -0.3 is 10.4 Å². The Morgan fingerprint density at radius 1 is 1.38 bits per heavy atom. The molecule has 1 aromatic rings. The predicted octanol–water partition coefficient (Wildman–Crippen LogP) is 2.12. The molecule has 1 amide bonds. The molecule has 1 fully saturated rings. The molecule has 5 nitrogen and oxygen atoms in total. The van der Waals surface area contributed by atoms with Gasteiger partial charge in [0, 0.05) is 12.2 Å². The van der Waals surface area contributed by atoms with Crippen LogP contribution in [0.5, 0.6) is 0 Å². The average Bonchev–Trinajstić information content (AvgIpc) is 2.49. The van der Waals surface area contributed by atoms with Crippen LogP contribution in [0.15, 0.2) is 24.3 Å².